The lowest BCUT2D eigenvalue weighted by Gasteiger charge is -2.13. The maximum Gasteiger partial charge on any atom is 0.271 e. The predicted octanol–water partition coefficient (Wildman–Crippen LogP) is 0.0269. The molecule has 17 heavy (non-hydrogen) atoms. The summed E-state index contributed by atoms with van der Waals surface area (Å²) in [5.41, 5.74) is 6.44. The molecule has 0 bridgehead atoms. The van der Waals surface area contributed by atoms with E-state index in [2.05, 4.69) is 10.3 Å². The lowest BCUT2D eigenvalue weighted by molar-refractivity contribution is 0.0994. The van der Waals surface area contributed by atoms with Gasteiger partial charge in [-0.05, 0) is 25.7 Å². The van der Waals surface area contributed by atoms with Crippen LogP contribution in [0.5, 0.6) is 0 Å². The SMILES string of the molecule is NC(=O)c1nnn(CC2(CO)CC2)c1C1CC1. The zero-order valence-corrected chi connectivity index (χ0v) is 9.59. The number of hydrogen-bond acceptors (Lipinski definition) is 4. The van der Waals surface area contributed by atoms with Crippen molar-refractivity contribution < 1.29 is 9.90 Å². The predicted molar refractivity (Wildman–Crippen MR) is 59.3 cm³/mol. The topological polar surface area (TPSA) is 94.0 Å². The van der Waals surface area contributed by atoms with Crippen molar-refractivity contribution in [2.75, 3.05) is 6.61 Å². The van der Waals surface area contributed by atoms with E-state index in [9.17, 15) is 9.90 Å². The smallest absolute Gasteiger partial charge is 0.271 e. The minimum absolute atomic E-state index is 0.0355. The minimum atomic E-state index is -0.507. The molecule has 1 heterocycles. The highest BCUT2D eigenvalue weighted by atomic mass is 16.3. The highest BCUT2D eigenvalue weighted by molar-refractivity contribution is 5.92. The van der Waals surface area contributed by atoms with E-state index in [4.69, 9.17) is 5.73 Å². The first-order valence-electron chi connectivity index (χ1n) is 5.99. The Labute approximate surface area is 98.8 Å². The normalized spacial score (nSPS) is 21.5. The van der Waals surface area contributed by atoms with Gasteiger partial charge in [-0.25, -0.2) is 4.68 Å². The van der Waals surface area contributed by atoms with Crippen molar-refractivity contribution in [3.8, 4) is 0 Å². The summed E-state index contributed by atoms with van der Waals surface area (Å²) in [6, 6.07) is 0. The summed E-state index contributed by atoms with van der Waals surface area (Å²) in [5.74, 6) is -0.131. The molecule has 1 amide bonds. The Morgan fingerprint density at radius 1 is 1.53 bits per heavy atom. The van der Waals surface area contributed by atoms with Crippen LogP contribution in [-0.4, -0.2) is 32.6 Å². The van der Waals surface area contributed by atoms with Crippen LogP contribution in [0.15, 0.2) is 0 Å². The van der Waals surface area contributed by atoms with Gasteiger partial charge >= 0.3 is 0 Å². The number of aromatic nitrogens is 3. The molecular weight excluding hydrogens is 220 g/mol. The second kappa shape index (κ2) is 3.53. The Kier molecular flexibility index (Phi) is 2.22. The van der Waals surface area contributed by atoms with Crippen molar-refractivity contribution in [2.24, 2.45) is 11.1 Å². The van der Waals surface area contributed by atoms with Crippen molar-refractivity contribution in [3.63, 3.8) is 0 Å². The average molecular weight is 236 g/mol. The molecule has 3 N–H and O–H groups in total. The van der Waals surface area contributed by atoms with Crippen molar-refractivity contribution in [1.29, 1.82) is 0 Å². The van der Waals surface area contributed by atoms with Crippen LogP contribution in [0.3, 0.4) is 0 Å². The zero-order valence-electron chi connectivity index (χ0n) is 9.59. The van der Waals surface area contributed by atoms with Crippen LogP contribution in [-0.2, 0) is 6.54 Å². The second-order valence-corrected chi connectivity index (χ2v) is 5.28. The summed E-state index contributed by atoms with van der Waals surface area (Å²) in [6.07, 6.45) is 4.16. The molecule has 0 unspecified atom stereocenters. The zero-order chi connectivity index (χ0) is 12.0. The number of nitrogens with zero attached hydrogens (tertiary/aromatic N) is 3. The molecule has 6 nitrogen and oxygen atoms in total. The van der Waals surface area contributed by atoms with E-state index >= 15 is 0 Å². The van der Waals surface area contributed by atoms with Gasteiger partial charge in [0.1, 0.15) is 0 Å². The Balaban J connectivity index is 1.91. The molecule has 0 aliphatic heterocycles. The number of carbonyl (C=O) groups excluding carboxylic acids is 1. The molecule has 2 aliphatic rings. The molecule has 0 saturated heterocycles. The number of aliphatic hydroxyl groups is 1. The van der Waals surface area contributed by atoms with E-state index in [1.165, 1.54) is 0 Å². The number of rotatable bonds is 5. The van der Waals surface area contributed by atoms with Gasteiger partial charge in [-0.15, -0.1) is 5.10 Å². The number of carbonyl (C=O) groups is 1. The molecule has 0 spiro atoms. The van der Waals surface area contributed by atoms with Crippen LogP contribution < -0.4 is 5.73 Å². The van der Waals surface area contributed by atoms with Crippen LogP contribution in [0.25, 0.3) is 0 Å². The van der Waals surface area contributed by atoms with Crippen LogP contribution >= 0.6 is 0 Å². The number of amides is 1. The van der Waals surface area contributed by atoms with Gasteiger partial charge in [0.2, 0.25) is 0 Å². The van der Waals surface area contributed by atoms with E-state index in [0.29, 0.717) is 18.2 Å². The molecule has 2 aliphatic carbocycles. The van der Waals surface area contributed by atoms with Gasteiger partial charge in [0.25, 0.3) is 5.91 Å². The van der Waals surface area contributed by atoms with Gasteiger partial charge in [0, 0.05) is 11.3 Å². The van der Waals surface area contributed by atoms with Crippen LogP contribution in [0.1, 0.15) is 47.8 Å². The van der Waals surface area contributed by atoms with E-state index in [-0.39, 0.29) is 12.0 Å². The van der Waals surface area contributed by atoms with E-state index in [0.717, 1.165) is 31.4 Å². The fourth-order valence-electron chi connectivity index (χ4n) is 2.23. The second-order valence-electron chi connectivity index (χ2n) is 5.28. The fourth-order valence-corrected chi connectivity index (χ4v) is 2.23. The summed E-state index contributed by atoms with van der Waals surface area (Å²) >= 11 is 0. The highest BCUT2D eigenvalue weighted by Gasteiger charge is 2.44. The molecular formula is C11H16N4O2. The van der Waals surface area contributed by atoms with Crippen molar-refractivity contribution >= 4 is 5.91 Å². The highest BCUT2D eigenvalue weighted by Crippen LogP contribution is 2.48. The molecule has 0 aromatic carbocycles. The largest absolute Gasteiger partial charge is 0.396 e. The third-order valence-corrected chi connectivity index (χ3v) is 3.75. The summed E-state index contributed by atoms with van der Waals surface area (Å²) in [5, 5.41) is 17.2. The van der Waals surface area contributed by atoms with E-state index in [1.54, 1.807) is 4.68 Å². The van der Waals surface area contributed by atoms with Gasteiger partial charge in [0.15, 0.2) is 5.69 Å². The summed E-state index contributed by atoms with van der Waals surface area (Å²) < 4.78 is 1.78. The number of nitrogens with two attached hydrogens (primary N) is 1. The maximum absolute atomic E-state index is 11.3. The van der Waals surface area contributed by atoms with Gasteiger partial charge in [-0.3, -0.25) is 4.79 Å². The summed E-state index contributed by atoms with van der Waals surface area (Å²) in [4.78, 5) is 11.3. The molecule has 6 heteroatoms. The van der Waals surface area contributed by atoms with Crippen LogP contribution in [0, 0.1) is 5.41 Å². The van der Waals surface area contributed by atoms with Crippen molar-refractivity contribution in [2.45, 2.75) is 38.1 Å². The Morgan fingerprint density at radius 2 is 2.24 bits per heavy atom. The first-order valence-corrected chi connectivity index (χ1v) is 5.99. The van der Waals surface area contributed by atoms with Gasteiger partial charge < -0.3 is 10.8 Å². The minimum Gasteiger partial charge on any atom is -0.396 e. The standard InChI is InChI=1S/C11H16N4O2/c12-10(17)8-9(7-1-2-7)15(14-13-8)5-11(6-16)3-4-11/h7,16H,1-6H2,(H2,12,17). The molecule has 0 atom stereocenters. The monoisotopic (exact) mass is 236 g/mol. The quantitative estimate of drug-likeness (QED) is 0.754. The fraction of sp³-hybridized carbons (Fsp3) is 0.727. The number of hydrogen-bond donors (Lipinski definition) is 2. The molecule has 0 radical (unpaired) electrons. The maximum atomic E-state index is 11.3. The lowest BCUT2D eigenvalue weighted by atomic mass is 10.1. The lowest BCUT2D eigenvalue weighted by Crippen LogP contribution is -2.20. The van der Waals surface area contributed by atoms with Gasteiger partial charge in [-0.1, -0.05) is 5.21 Å². The van der Waals surface area contributed by atoms with E-state index < -0.39 is 5.91 Å². The molecule has 2 fully saturated rings. The third kappa shape index (κ3) is 1.82. The Bertz CT molecular complexity index is 460. The molecule has 1 aromatic heterocycles. The number of primary amides is 1. The third-order valence-electron chi connectivity index (χ3n) is 3.75. The molecule has 1 aromatic rings. The number of aliphatic hydroxyl groups excluding tert-OH is 1. The molecule has 3 rings (SSSR count). The van der Waals surface area contributed by atoms with Crippen LogP contribution in [0.4, 0.5) is 0 Å². The summed E-state index contributed by atoms with van der Waals surface area (Å²) in [7, 11) is 0. The van der Waals surface area contributed by atoms with Gasteiger partial charge in [0.05, 0.1) is 18.8 Å². The average Bonchev–Trinajstić information content (AvgIpc) is 3.20. The molecule has 92 valence electrons. The molecule has 2 saturated carbocycles. The van der Waals surface area contributed by atoms with Crippen molar-refractivity contribution in [3.05, 3.63) is 11.4 Å². The Hall–Kier alpha value is -1.43. The van der Waals surface area contributed by atoms with E-state index in [1.807, 2.05) is 0 Å². The van der Waals surface area contributed by atoms with Crippen molar-refractivity contribution in [1.82, 2.24) is 15.0 Å². The first kappa shape index (κ1) is 10.7. The Morgan fingerprint density at radius 3 is 2.71 bits per heavy atom. The van der Waals surface area contributed by atoms with Crippen LogP contribution in [0.2, 0.25) is 0 Å². The summed E-state index contributed by atoms with van der Waals surface area (Å²) in [6.45, 7) is 0.818. The van der Waals surface area contributed by atoms with Gasteiger partial charge in [-0.2, -0.15) is 0 Å². The first-order chi connectivity index (χ1) is 8.15.